The molecule has 3 aromatic rings. The number of hydrogen-bond donors (Lipinski definition) is 1. The van der Waals surface area contributed by atoms with Crippen LogP contribution < -0.4 is 10.2 Å². The van der Waals surface area contributed by atoms with E-state index in [1.807, 2.05) is 60.7 Å². The largest absolute Gasteiger partial charge is 0.378 e. The monoisotopic (exact) mass is 388 g/mol. The van der Waals surface area contributed by atoms with Gasteiger partial charge in [0.15, 0.2) is 0 Å². The lowest BCUT2D eigenvalue weighted by Crippen LogP contribution is -2.36. The zero-order valence-corrected chi connectivity index (χ0v) is 16.3. The van der Waals surface area contributed by atoms with Gasteiger partial charge in [-0.15, -0.1) is 0 Å². The first-order valence-electron chi connectivity index (χ1n) is 10.2. The van der Waals surface area contributed by atoms with E-state index in [-0.39, 0.29) is 5.91 Å². The molecule has 148 valence electrons. The zero-order valence-electron chi connectivity index (χ0n) is 16.3. The highest BCUT2D eigenvalue weighted by Gasteiger charge is 2.29. The molecule has 0 radical (unpaired) electrons. The van der Waals surface area contributed by atoms with Crippen LogP contribution in [0.1, 0.15) is 34.9 Å². The molecule has 2 aromatic carbocycles. The molecule has 0 spiro atoms. The fourth-order valence-electron chi connectivity index (χ4n) is 3.68. The van der Waals surface area contributed by atoms with Crippen molar-refractivity contribution >= 4 is 17.3 Å². The summed E-state index contributed by atoms with van der Waals surface area (Å²) in [6.45, 7) is 3.30. The first kappa shape index (κ1) is 17.9. The average molecular weight is 388 g/mol. The molecule has 2 aliphatic rings. The molecule has 29 heavy (non-hydrogen) atoms. The molecule has 1 saturated carbocycles. The van der Waals surface area contributed by atoms with E-state index >= 15 is 0 Å². The first-order valence-corrected chi connectivity index (χ1v) is 10.2. The Kier molecular flexibility index (Phi) is 4.77. The minimum atomic E-state index is -0.146. The van der Waals surface area contributed by atoms with Gasteiger partial charge in [0.2, 0.25) is 0 Å². The molecule has 0 bridgehead atoms. The summed E-state index contributed by atoms with van der Waals surface area (Å²) < 4.78 is 7.17. The average Bonchev–Trinajstić information content (AvgIpc) is 3.53. The van der Waals surface area contributed by atoms with Crippen LogP contribution in [0.25, 0.3) is 5.69 Å². The summed E-state index contributed by atoms with van der Waals surface area (Å²) in [7, 11) is 0. The predicted molar refractivity (Wildman–Crippen MR) is 113 cm³/mol. The molecule has 5 rings (SSSR count). The third-order valence-corrected chi connectivity index (χ3v) is 5.46. The fourth-order valence-corrected chi connectivity index (χ4v) is 3.68. The van der Waals surface area contributed by atoms with Gasteiger partial charge in [0, 0.05) is 30.4 Å². The normalized spacial score (nSPS) is 16.6. The van der Waals surface area contributed by atoms with Crippen LogP contribution in [0.3, 0.4) is 0 Å². The third kappa shape index (κ3) is 3.89. The Hall–Kier alpha value is -3.12. The second kappa shape index (κ2) is 7.72. The molecule has 1 aromatic heterocycles. The quantitative estimate of drug-likeness (QED) is 0.722. The Labute approximate surface area is 170 Å². The van der Waals surface area contributed by atoms with Crippen molar-refractivity contribution < 1.29 is 9.53 Å². The first-order chi connectivity index (χ1) is 14.3. The molecular weight excluding hydrogens is 364 g/mol. The number of ether oxygens (including phenoxy) is 1. The van der Waals surface area contributed by atoms with Gasteiger partial charge in [0.1, 0.15) is 5.69 Å². The van der Waals surface area contributed by atoms with E-state index in [1.54, 1.807) is 4.68 Å². The number of amides is 1. The number of carbonyl (C=O) groups excluding carboxylic acids is 1. The minimum absolute atomic E-state index is 0.146. The van der Waals surface area contributed by atoms with Crippen LogP contribution in [0.2, 0.25) is 0 Å². The van der Waals surface area contributed by atoms with Crippen LogP contribution in [0.4, 0.5) is 11.4 Å². The molecule has 6 nitrogen and oxygen atoms in total. The summed E-state index contributed by atoms with van der Waals surface area (Å²) >= 11 is 0. The van der Waals surface area contributed by atoms with E-state index in [4.69, 9.17) is 9.84 Å². The lowest BCUT2D eigenvalue weighted by molar-refractivity contribution is 0.101. The Balaban J connectivity index is 1.36. The topological polar surface area (TPSA) is 59.4 Å². The van der Waals surface area contributed by atoms with Crippen molar-refractivity contribution in [2.24, 2.45) is 0 Å². The number of nitrogens with zero attached hydrogens (tertiary/aromatic N) is 3. The molecule has 0 unspecified atom stereocenters. The van der Waals surface area contributed by atoms with E-state index in [9.17, 15) is 4.79 Å². The molecule has 1 saturated heterocycles. The van der Waals surface area contributed by atoms with E-state index in [0.717, 1.165) is 61.9 Å². The molecule has 2 heterocycles. The van der Waals surface area contributed by atoms with Crippen LogP contribution in [0.5, 0.6) is 0 Å². The van der Waals surface area contributed by atoms with Gasteiger partial charge < -0.3 is 15.0 Å². The SMILES string of the molecule is O=C(Nc1ccc(N2CCOCC2)cc1)c1cc(C2CC2)nn1-c1ccccc1. The van der Waals surface area contributed by atoms with Crippen LogP contribution in [0, 0.1) is 0 Å². The Morgan fingerprint density at radius 2 is 1.69 bits per heavy atom. The maximum atomic E-state index is 13.1. The van der Waals surface area contributed by atoms with Crippen LogP contribution >= 0.6 is 0 Å². The molecular formula is C23H24N4O2. The Morgan fingerprint density at radius 3 is 2.38 bits per heavy atom. The number of nitrogens with one attached hydrogen (secondary N) is 1. The lowest BCUT2D eigenvalue weighted by atomic mass is 10.2. The van der Waals surface area contributed by atoms with Crippen molar-refractivity contribution in [1.29, 1.82) is 0 Å². The number of benzene rings is 2. The van der Waals surface area contributed by atoms with Gasteiger partial charge in [-0.2, -0.15) is 5.10 Å². The number of para-hydroxylation sites is 1. The van der Waals surface area contributed by atoms with E-state index in [1.165, 1.54) is 0 Å². The van der Waals surface area contributed by atoms with Crippen molar-refractivity contribution in [1.82, 2.24) is 9.78 Å². The Bertz CT molecular complexity index is 987. The molecule has 2 fully saturated rings. The van der Waals surface area contributed by atoms with Crippen molar-refractivity contribution in [3.8, 4) is 5.69 Å². The highest BCUT2D eigenvalue weighted by molar-refractivity contribution is 6.03. The van der Waals surface area contributed by atoms with Crippen molar-refractivity contribution in [3.63, 3.8) is 0 Å². The van der Waals surface area contributed by atoms with Gasteiger partial charge in [-0.3, -0.25) is 4.79 Å². The second-order valence-electron chi connectivity index (χ2n) is 7.58. The van der Waals surface area contributed by atoms with Gasteiger partial charge >= 0.3 is 0 Å². The molecule has 1 aliphatic carbocycles. The number of carbonyl (C=O) groups is 1. The second-order valence-corrected chi connectivity index (χ2v) is 7.58. The lowest BCUT2D eigenvalue weighted by Gasteiger charge is -2.28. The summed E-state index contributed by atoms with van der Waals surface area (Å²) in [6.07, 6.45) is 2.30. The van der Waals surface area contributed by atoms with Gasteiger partial charge in [0.25, 0.3) is 5.91 Å². The molecule has 1 amide bonds. The van der Waals surface area contributed by atoms with Crippen molar-refractivity contribution in [2.45, 2.75) is 18.8 Å². The van der Waals surface area contributed by atoms with Crippen LogP contribution in [-0.4, -0.2) is 42.0 Å². The van der Waals surface area contributed by atoms with Crippen molar-refractivity contribution in [2.75, 3.05) is 36.5 Å². The highest BCUT2D eigenvalue weighted by atomic mass is 16.5. The van der Waals surface area contributed by atoms with Gasteiger partial charge in [-0.05, 0) is 55.3 Å². The highest BCUT2D eigenvalue weighted by Crippen LogP contribution is 2.39. The summed E-state index contributed by atoms with van der Waals surface area (Å²) in [4.78, 5) is 15.3. The summed E-state index contributed by atoms with van der Waals surface area (Å²) in [6, 6.07) is 19.7. The van der Waals surface area contributed by atoms with Crippen LogP contribution in [0.15, 0.2) is 60.7 Å². The maximum absolute atomic E-state index is 13.1. The fraction of sp³-hybridized carbons (Fsp3) is 0.304. The van der Waals surface area contributed by atoms with E-state index < -0.39 is 0 Å². The predicted octanol–water partition coefficient (Wildman–Crippen LogP) is 3.84. The number of hydrogen-bond acceptors (Lipinski definition) is 4. The van der Waals surface area contributed by atoms with Gasteiger partial charge in [-0.1, -0.05) is 18.2 Å². The van der Waals surface area contributed by atoms with E-state index in [2.05, 4.69) is 10.2 Å². The van der Waals surface area contributed by atoms with Crippen LogP contribution in [-0.2, 0) is 4.74 Å². The maximum Gasteiger partial charge on any atom is 0.274 e. The zero-order chi connectivity index (χ0) is 19.6. The summed E-state index contributed by atoms with van der Waals surface area (Å²) in [5, 5.41) is 7.75. The molecule has 1 N–H and O–H groups in total. The number of aromatic nitrogens is 2. The van der Waals surface area contributed by atoms with E-state index in [0.29, 0.717) is 11.6 Å². The summed E-state index contributed by atoms with van der Waals surface area (Å²) in [5.41, 5.74) is 4.39. The number of anilines is 2. The van der Waals surface area contributed by atoms with Gasteiger partial charge in [0.05, 0.1) is 24.6 Å². The smallest absolute Gasteiger partial charge is 0.274 e. The number of morpholine rings is 1. The molecule has 6 heteroatoms. The number of rotatable bonds is 5. The van der Waals surface area contributed by atoms with Gasteiger partial charge in [-0.25, -0.2) is 4.68 Å². The third-order valence-electron chi connectivity index (χ3n) is 5.46. The standard InChI is InChI=1S/C23H24N4O2/c28-23(24-18-8-10-19(11-9-18)26-12-14-29-15-13-26)22-16-21(17-6-7-17)25-27(22)20-4-2-1-3-5-20/h1-5,8-11,16-17H,6-7,12-15H2,(H,24,28). The Morgan fingerprint density at radius 1 is 0.966 bits per heavy atom. The summed E-state index contributed by atoms with van der Waals surface area (Å²) in [5.74, 6) is 0.340. The molecule has 1 aliphatic heterocycles. The minimum Gasteiger partial charge on any atom is -0.378 e. The van der Waals surface area contributed by atoms with Crippen molar-refractivity contribution in [3.05, 3.63) is 72.1 Å². The molecule has 0 atom stereocenters.